The van der Waals surface area contributed by atoms with Gasteiger partial charge in [-0.05, 0) is 77.0 Å². The standard InChI is InChI=1S/C58H105O11P/c1-4-7-10-13-16-19-21-23-25-27-29-31-33-36-38-41-44-47-56(60)65-51-55(69-58(62)49-46-43-40-37-34-32-30-28-26-24-22-20-17-14-11-8-5-2)53-67-70(63,64)66-52-54(50-59)68-57(61)48-45-42-39-35-18-15-12-9-6-3/h8,11,17,20,23-26,54-55,59H,4-7,9-10,12-16,18-19,21-22,27-53H2,1-3H3,(H,63,64)/b11-8-,20-17-,25-23-,26-24-. The Labute approximate surface area is 428 Å². The normalized spacial score (nSPS) is 13.7. The number of hydrogen-bond acceptors (Lipinski definition) is 10. The zero-order valence-electron chi connectivity index (χ0n) is 45.0. The van der Waals surface area contributed by atoms with E-state index in [1.54, 1.807) is 0 Å². The molecule has 11 nitrogen and oxygen atoms in total. The summed E-state index contributed by atoms with van der Waals surface area (Å²) >= 11 is 0. The average molecular weight is 1010 g/mol. The summed E-state index contributed by atoms with van der Waals surface area (Å²) in [6.45, 7) is 4.51. The minimum atomic E-state index is -4.74. The molecule has 0 aliphatic rings. The number of phosphoric ester groups is 1. The van der Waals surface area contributed by atoms with Crippen LogP contribution in [0.4, 0.5) is 0 Å². The highest BCUT2D eigenvalue weighted by Crippen LogP contribution is 2.43. The fourth-order valence-corrected chi connectivity index (χ4v) is 8.68. The van der Waals surface area contributed by atoms with Crippen LogP contribution in [0, 0.1) is 0 Å². The predicted molar refractivity (Wildman–Crippen MR) is 289 cm³/mol. The van der Waals surface area contributed by atoms with Gasteiger partial charge in [-0.2, -0.15) is 0 Å². The first kappa shape index (κ1) is 67.4. The molecule has 0 amide bonds. The third-order valence-corrected chi connectivity index (χ3v) is 13.2. The van der Waals surface area contributed by atoms with E-state index in [1.165, 1.54) is 109 Å². The number of carbonyl (C=O) groups is 3. The number of aliphatic hydroxyl groups is 1. The number of hydrogen-bond donors (Lipinski definition) is 2. The van der Waals surface area contributed by atoms with Crippen LogP contribution in [0.1, 0.15) is 265 Å². The maximum absolute atomic E-state index is 12.9. The summed E-state index contributed by atoms with van der Waals surface area (Å²) in [6, 6.07) is 0. The fraction of sp³-hybridized carbons (Fsp3) is 0.810. The van der Waals surface area contributed by atoms with Crippen molar-refractivity contribution in [3.05, 3.63) is 48.6 Å². The quantitative estimate of drug-likeness (QED) is 0.0197. The van der Waals surface area contributed by atoms with Gasteiger partial charge in [0.25, 0.3) is 0 Å². The lowest BCUT2D eigenvalue weighted by atomic mass is 10.1. The number of unbranched alkanes of at least 4 members (excludes halogenated alkanes) is 28. The van der Waals surface area contributed by atoms with Gasteiger partial charge in [-0.15, -0.1) is 0 Å². The molecule has 0 spiro atoms. The number of allylic oxidation sites excluding steroid dienone is 8. The Kier molecular flexibility index (Phi) is 50.8. The van der Waals surface area contributed by atoms with Crippen molar-refractivity contribution in [2.24, 2.45) is 0 Å². The van der Waals surface area contributed by atoms with Crippen molar-refractivity contribution in [2.45, 2.75) is 277 Å². The smallest absolute Gasteiger partial charge is 0.462 e. The van der Waals surface area contributed by atoms with E-state index in [-0.39, 0.29) is 25.9 Å². The van der Waals surface area contributed by atoms with Gasteiger partial charge in [0.2, 0.25) is 0 Å². The van der Waals surface area contributed by atoms with Gasteiger partial charge in [-0.1, -0.05) is 217 Å². The lowest BCUT2D eigenvalue weighted by Crippen LogP contribution is -2.30. The van der Waals surface area contributed by atoms with Gasteiger partial charge in [0.15, 0.2) is 6.10 Å². The molecule has 3 atom stereocenters. The molecule has 0 saturated heterocycles. The van der Waals surface area contributed by atoms with Crippen LogP contribution in [0.2, 0.25) is 0 Å². The van der Waals surface area contributed by atoms with Crippen LogP contribution in [0.3, 0.4) is 0 Å². The third-order valence-electron chi connectivity index (χ3n) is 12.2. The highest BCUT2D eigenvalue weighted by atomic mass is 31.2. The highest BCUT2D eigenvalue weighted by molar-refractivity contribution is 7.47. The monoisotopic (exact) mass is 1010 g/mol. The number of carbonyl (C=O) groups excluding carboxylic acids is 3. The number of aliphatic hydroxyl groups excluding tert-OH is 1. The molecule has 0 radical (unpaired) electrons. The van der Waals surface area contributed by atoms with E-state index < -0.39 is 57.8 Å². The summed E-state index contributed by atoms with van der Waals surface area (Å²) in [5.41, 5.74) is 0. The topological polar surface area (TPSA) is 155 Å². The Morgan fingerprint density at radius 2 is 0.743 bits per heavy atom. The summed E-state index contributed by atoms with van der Waals surface area (Å²) in [6.07, 6.45) is 55.1. The van der Waals surface area contributed by atoms with Gasteiger partial charge in [0.05, 0.1) is 19.8 Å². The van der Waals surface area contributed by atoms with Crippen molar-refractivity contribution in [3.63, 3.8) is 0 Å². The van der Waals surface area contributed by atoms with Gasteiger partial charge in [0.1, 0.15) is 12.7 Å². The van der Waals surface area contributed by atoms with Gasteiger partial charge in [-0.25, -0.2) is 4.57 Å². The predicted octanol–water partition coefficient (Wildman–Crippen LogP) is 16.6. The molecule has 0 rings (SSSR count). The molecule has 3 unspecified atom stereocenters. The van der Waals surface area contributed by atoms with Crippen LogP contribution in [0.5, 0.6) is 0 Å². The van der Waals surface area contributed by atoms with E-state index in [1.807, 2.05) is 0 Å². The van der Waals surface area contributed by atoms with Crippen LogP contribution in [-0.2, 0) is 42.2 Å². The van der Waals surface area contributed by atoms with Crippen molar-refractivity contribution < 1.29 is 52.2 Å². The summed E-state index contributed by atoms with van der Waals surface area (Å²) in [4.78, 5) is 48.4. The van der Waals surface area contributed by atoms with E-state index in [0.717, 1.165) is 96.3 Å². The molecule has 12 heteroatoms. The first-order chi connectivity index (χ1) is 34.2. The van der Waals surface area contributed by atoms with Gasteiger partial charge in [0, 0.05) is 19.3 Å². The Morgan fingerprint density at radius 3 is 1.16 bits per heavy atom. The lowest BCUT2D eigenvalue weighted by molar-refractivity contribution is -0.161. The van der Waals surface area contributed by atoms with Crippen molar-refractivity contribution in [3.8, 4) is 0 Å². The van der Waals surface area contributed by atoms with Crippen LogP contribution in [0.15, 0.2) is 48.6 Å². The van der Waals surface area contributed by atoms with E-state index >= 15 is 0 Å². The first-order valence-electron chi connectivity index (χ1n) is 28.5. The molecule has 70 heavy (non-hydrogen) atoms. The fourth-order valence-electron chi connectivity index (χ4n) is 7.90. The van der Waals surface area contributed by atoms with Gasteiger partial charge in [-0.3, -0.25) is 23.4 Å². The molecule has 0 bridgehead atoms. The van der Waals surface area contributed by atoms with E-state index in [0.29, 0.717) is 19.3 Å². The van der Waals surface area contributed by atoms with Crippen LogP contribution in [0.25, 0.3) is 0 Å². The van der Waals surface area contributed by atoms with Gasteiger partial charge >= 0.3 is 25.7 Å². The number of rotatable bonds is 53. The molecular formula is C58H105O11P. The Hall–Kier alpha value is -2.56. The zero-order valence-corrected chi connectivity index (χ0v) is 45.9. The first-order valence-corrected chi connectivity index (χ1v) is 30.0. The molecular weight excluding hydrogens is 904 g/mol. The van der Waals surface area contributed by atoms with E-state index in [2.05, 4.69) is 69.4 Å². The highest BCUT2D eigenvalue weighted by Gasteiger charge is 2.28. The molecule has 0 saturated carbocycles. The molecule has 0 aromatic heterocycles. The number of esters is 3. The van der Waals surface area contributed by atoms with Crippen molar-refractivity contribution in [1.82, 2.24) is 0 Å². The van der Waals surface area contributed by atoms with Crippen LogP contribution in [-0.4, -0.2) is 66.5 Å². The Bertz CT molecular complexity index is 1360. The summed E-state index contributed by atoms with van der Waals surface area (Å²) in [5, 5.41) is 9.77. The minimum absolute atomic E-state index is 0.157. The Morgan fingerprint density at radius 1 is 0.414 bits per heavy atom. The van der Waals surface area contributed by atoms with Crippen molar-refractivity contribution in [2.75, 3.05) is 26.4 Å². The number of ether oxygens (including phenoxy) is 3. The average Bonchev–Trinajstić information content (AvgIpc) is 3.35. The van der Waals surface area contributed by atoms with E-state index in [4.69, 9.17) is 23.3 Å². The Balaban J connectivity index is 4.72. The third kappa shape index (κ3) is 50.4. The van der Waals surface area contributed by atoms with Crippen LogP contribution >= 0.6 is 7.82 Å². The second-order valence-corrected chi connectivity index (χ2v) is 20.5. The summed E-state index contributed by atoms with van der Waals surface area (Å²) in [7, 11) is -4.74. The number of phosphoric acid groups is 1. The maximum Gasteiger partial charge on any atom is 0.472 e. The summed E-state index contributed by atoms with van der Waals surface area (Å²) < 4.78 is 39.4. The molecule has 0 aromatic carbocycles. The molecule has 0 aromatic rings. The summed E-state index contributed by atoms with van der Waals surface area (Å²) in [5.74, 6) is -1.47. The van der Waals surface area contributed by atoms with Gasteiger partial charge < -0.3 is 24.2 Å². The second-order valence-electron chi connectivity index (χ2n) is 19.1. The SMILES string of the molecule is CC/C=C\C/C=C\C/C=C\CCCCCCCCCC(=O)OC(COC(=O)CCCCCCCCC/C=C\CCCCCCCC)COP(=O)(O)OCC(CO)OC(=O)CCCCCCCCCCC. The van der Waals surface area contributed by atoms with Crippen molar-refractivity contribution in [1.29, 1.82) is 0 Å². The maximum atomic E-state index is 12.9. The zero-order chi connectivity index (χ0) is 51.3. The minimum Gasteiger partial charge on any atom is -0.462 e. The molecule has 0 aliphatic heterocycles. The molecule has 0 fully saturated rings. The molecule has 408 valence electrons. The lowest BCUT2D eigenvalue weighted by Gasteiger charge is -2.21. The molecule has 2 N–H and O–H groups in total. The van der Waals surface area contributed by atoms with Crippen LogP contribution < -0.4 is 0 Å². The molecule has 0 aliphatic carbocycles. The molecule has 0 heterocycles. The largest absolute Gasteiger partial charge is 0.472 e. The van der Waals surface area contributed by atoms with Crippen molar-refractivity contribution >= 4 is 25.7 Å². The van der Waals surface area contributed by atoms with E-state index in [9.17, 15) is 28.9 Å². The second kappa shape index (κ2) is 52.8.